The Morgan fingerprint density at radius 1 is 1.29 bits per heavy atom. The molecule has 2 saturated heterocycles. The maximum Gasteiger partial charge on any atom is 0.120 e. The SMILES string of the molecule is c1c[nH]c(CN2C3CCCC2CC3)n1. The second-order valence-electron chi connectivity index (χ2n) is 4.52. The monoisotopic (exact) mass is 191 g/mol. The lowest BCUT2D eigenvalue weighted by Crippen LogP contribution is -2.39. The van der Waals surface area contributed by atoms with E-state index in [-0.39, 0.29) is 0 Å². The van der Waals surface area contributed by atoms with Crippen LogP contribution in [0.1, 0.15) is 37.9 Å². The van der Waals surface area contributed by atoms with Crippen molar-refractivity contribution in [3.63, 3.8) is 0 Å². The average Bonchev–Trinajstić information content (AvgIpc) is 2.75. The number of hydrogen-bond acceptors (Lipinski definition) is 2. The van der Waals surface area contributed by atoms with Crippen molar-refractivity contribution in [1.29, 1.82) is 0 Å². The molecule has 2 atom stereocenters. The van der Waals surface area contributed by atoms with Crippen molar-refractivity contribution < 1.29 is 0 Å². The fourth-order valence-electron chi connectivity index (χ4n) is 3.04. The molecule has 2 aliphatic rings. The number of aromatic amines is 1. The molecule has 2 unspecified atom stereocenters. The van der Waals surface area contributed by atoms with Crippen molar-refractivity contribution in [2.45, 2.75) is 50.7 Å². The summed E-state index contributed by atoms with van der Waals surface area (Å²) in [5.41, 5.74) is 0. The number of rotatable bonds is 2. The van der Waals surface area contributed by atoms with Crippen molar-refractivity contribution in [1.82, 2.24) is 14.9 Å². The van der Waals surface area contributed by atoms with Crippen LogP contribution in [-0.4, -0.2) is 27.0 Å². The van der Waals surface area contributed by atoms with Crippen molar-refractivity contribution in [3.05, 3.63) is 18.2 Å². The van der Waals surface area contributed by atoms with Crippen LogP contribution in [0.4, 0.5) is 0 Å². The van der Waals surface area contributed by atoms with Gasteiger partial charge in [-0.15, -0.1) is 0 Å². The van der Waals surface area contributed by atoms with Crippen LogP contribution in [0, 0.1) is 0 Å². The predicted molar refractivity (Wildman–Crippen MR) is 54.8 cm³/mol. The Kier molecular flexibility index (Phi) is 2.05. The van der Waals surface area contributed by atoms with E-state index in [1.165, 1.54) is 32.1 Å². The molecule has 0 radical (unpaired) electrons. The van der Waals surface area contributed by atoms with Gasteiger partial charge in [-0.05, 0) is 25.7 Å². The second-order valence-corrected chi connectivity index (χ2v) is 4.52. The van der Waals surface area contributed by atoms with Crippen molar-refractivity contribution >= 4 is 0 Å². The number of fused-ring (bicyclic) bond motifs is 2. The molecule has 0 spiro atoms. The summed E-state index contributed by atoms with van der Waals surface area (Å²) < 4.78 is 0. The van der Waals surface area contributed by atoms with Crippen LogP contribution < -0.4 is 0 Å². The number of aromatic nitrogens is 2. The van der Waals surface area contributed by atoms with Gasteiger partial charge in [-0.2, -0.15) is 0 Å². The molecular formula is C11H17N3. The van der Waals surface area contributed by atoms with Crippen LogP contribution in [0.2, 0.25) is 0 Å². The number of nitrogens with one attached hydrogen (secondary N) is 1. The Morgan fingerprint density at radius 3 is 2.71 bits per heavy atom. The van der Waals surface area contributed by atoms with Crippen LogP contribution >= 0.6 is 0 Å². The predicted octanol–water partition coefficient (Wildman–Crippen LogP) is 1.93. The molecule has 3 heterocycles. The molecule has 2 fully saturated rings. The zero-order valence-corrected chi connectivity index (χ0v) is 8.45. The third-order valence-corrected chi connectivity index (χ3v) is 3.73. The van der Waals surface area contributed by atoms with Crippen molar-refractivity contribution in [2.24, 2.45) is 0 Å². The third kappa shape index (κ3) is 1.36. The average molecular weight is 191 g/mol. The van der Waals surface area contributed by atoms with E-state index in [1.807, 2.05) is 12.4 Å². The Hall–Kier alpha value is -0.830. The zero-order chi connectivity index (χ0) is 9.38. The standard InChI is InChI=1S/C11H17N3/c1-2-9-4-5-10(3-1)14(9)8-11-12-6-7-13-11/h6-7,9-10H,1-5,8H2,(H,12,13). The maximum absolute atomic E-state index is 4.31. The number of nitrogens with zero attached hydrogens (tertiary/aromatic N) is 2. The Morgan fingerprint density at radius 2 is 2.07 bits per heavy atom. The van der Waals surface area contributed by atoms with Gasteiger partial charge >= 0.3 is 0 Å². The molecule has 3 rings (SSSR count). The van der Waals surface area contributed by atoms with Crippen LogP contribution in [0.25, 0.3) is 0 Å². The van der Waals surface area contributed by atoms with Crippen molar-refractivity contribution in [3.8, 4) is 0 Å². The molecule has 76 valence electrons. The highest BCUT2D eigenvalue weighted by Gasteiger charge is 2.36. The topological polar surface area (TPSA) is 31.9 Å². The Bertz CT molecular complexity index is 277. The molecule has 3 heteroatoms. The number of imidazole rings is 1. The highest BCUT2D eigenvalue weighted by atomic mass is 15.2. The van der Waals surface area contributed by atoms with E-state index in [9.17, 15) is 0 Å². The van der Waals surface area contributed by atoms with E-state index >= 15 is 0 Å². The molecule has 0 aliphatic carbocycles. The van der Waals surface area contributed by atoms with Gasteiger partial charge in [0.2, 0.25) is 0 Å². The Balaban J connectivity index is 1.73. The van der Waals surface area contributed by atoms with Crippen molar-refractivity contribution in [2.75, 3.05) is 0 Å². The zero-order valence-electron chi connectivity index (χ0n) is 8.45. The summed E-state index contributed by atoms with van der Waals surface area (Å²) in [6.07, 6.45) is 10.8. The highest BCUT2D eigenvalue weighted by Crippen LogP contribution is 2.35. The minimum atomic E-state index is 0.846. The van der Waals surface area contributed by atoms with Gasteiger partial charge in [-0.3, -0.25) is 4.90 Å². The minimum absolute atomic E-state index is 0.846. The summed E-state index contributed by atoms with van der Waals surface area (Å²) in [7, 11) is 0. The lowest BCUT2D eigenvalue weighted by atomic mass is 10.0. The summed E-state index contributed by atoms with van der Waals surface area (Å²) in [5, 5.41) is 0. The van der Waals surface area contributed by atoms with Gasteiger partial charge in [0, 0.05) is 24.5 Å². The Labute approximate surface area is 84.5 Å². The van der Waals surface area contributed by atoms with E-state index in [0.717, 1.165) is 24.5 Å². The van der Waals surface area contributed by atoms with Gasteiger partial charge in [0.05, 0.1) is 6.54 Å². The first kappa shape index (κ1) is 8.48. The van der Waals surface area contributed by atoms with E-state index < -0.39 is 0 Å². The molecule has 1 aromatic rings. The van der Waals surface area contributed by atoms with E-state index in [4.69, 9.17) is 0 Å². The number of piperidine rings is 1. The molecule has 0 aromatic carbocycles. The van der Waals surface area contributed by atoms with E-state index in [2.05, 4.69) is 14.9 Å². The van der Waals surface area contributed by atoms with Crippen LogP contribution in [0.15, 0.2) is 12.4 Å². The summed E-state index contributed by atoms with van der Waals surface area (Å²) in [6.45, 7) is 1.03. The number of hydrogen-bond donors (Lipinski definition) is 1. The molecular weight excluding hydrogens is 174 g/mol. The molecule has 1 N–H and O–H groups in total. The van der Waals surface area contributed by atoms with Gasteiger partial charge in [0.1, 0.15) is 5.82 Å². The largest absolute Gasteiger partial charge is 0.348 e. The summed E-state index contributed by atoms with van der Waals surface area (Å²) in [5.74, 6) is 1.13. The normalized spacial score (nSPS) is 32.3. The lowest BCUT2D eigenvalue weighted by molar-refractivity contribution is 0.129. The second kappa shape index (κ2) is 3.39. The van der Waals surface area contributed by atoms with Gasteiger partial charge < -0.3 is 4.98 Å². The molecule has 2 bridgehead atoms. The molecule has 0 saturated carbocycles. The highest BCUT2D eigenvalue weighted by molar-refractivity contribution is 4.96. The fourth-order valence-corrected chi connectivity index (χ4v) is 3.04. The molecule has 14 heavy (non-hydrogen) atoms. The number of H-pyrrole nitrogens is 1. The van der Waals surface area contributed by atoms with Crippen LogP contribution in [-0.2, 0) is 6.54 Å². The summed E-state index contributed by atoms with van der Waals surface area (Å²) in [4.78, 5) is 10.2. The maximum atomic E-state index is 4.31. The quantitative estimate of drug-likeness (QED) is 0.774. The third-order valence-electron chi connectivity index (χ3n) is 3.73. The molecule has 3 nitrogen and oxygen atoms in total. The van der Waals surface area contributed by atoms with Gasteiger partial charge in [0.25, 0.3) is 0 Å². The molecule has 1 aromatic heterocycles. The van der Waals surface area contributed by atoms with E-state index in [0.29, 0.717) is 0 Å². The minimum Gasteiger partial charge on any atom is -0.348 e. The van der Waals surface area contributed by atoms with Gasteiger partial charge in [0.15, 0.2) is 0 Å². The van der Waals surface area contributed by atoms with Crippen LogP contribution in [0.5, 0.6) is 0 Å². The lowest BCUT2D eigenvalue weighted by Gasteiger charge is -2.33. The van der Waals surface area contributed by atoms with E-state index in [1.54, 1.807) is 0 Å². The first-order valence-electron chi connectivity index (χ1n) is 5.67. The first-order valence-corrected chi connectivity index (χ1v) is 5.67. The van der Waals surface area contributed by atoms with Gasteiger partial charge in [-0.1, -0.05) is 6.42 Å². The smallest absolute Gasteiger partial charge is 0.120 e. The summed E-state index contributed by atoms with van der Waals surface area (Å²) in [6, 6.07) is 1.69. The molecule has 0 amide bonds. The molecule has 2 aliphatic heterocycles. The fraction of sp³-hybridized carbons (Fsp3) is 0.727. The van der Waals surface area contributed by atoms with Crippen LogP contribution in [0.3, 0.4) is 0 Å². The summed E-state index contributed by atoms with van der Waals surface area (Å²) >= 11 is 0. The van der Waals surface area contributed by atoms with Gasteiger partial charge in [-0.25, -0.2) is 4.98 Å². The first-order chi connectivity index (χ1) is 6.93.